The van der Waals surface area contributed by atoms with E-state index in [1.54, 1.807) is 25.1 Å². The second kappa shape index (κ2) is 6.96. The number of hydrogen-bond donors (Lipinski definition) is 1. The number of anilines is 1. The van der Waals surface area contributed by atoms with Crippen LogP contribution in [0.15, 0.2) is 53.4 Å². The molecule has 5 nitrogen and oxygen atoms in total. The van der Waals surface area contributed by atoms with Crippen LogP contribution in [0.2, 0.25) is 0 Å². The van der Waals surface area contributed by atoms with Crippen LogP contribution in [-0.2, 0) is 16.6 Å². The van der Waals surface area contributed by atoms with Gasteiger partial charge in [0.2, 0.25) is 0 Å². The molecule has 3 rings (SSSR count). The average Bonchev–Trinajstić information content (AvgIpc) is 2.84. The second-order valence-electron chi connectivity index (χ2n) is 6.66. The van der Waals surface area contributed by atoms with Gasteiger partial charge in [-0.2, -0.15) is 5.10 Å². The zero-order valence-corrected chi connectivity index (χ0v) is 16.3. The molecule has 2 aromatic carbocycles. The summed E-state index contributed by atoms with van der Waals surface area (Å²) in [5.74, 6) is 0. The lowest BCUT2D eigenvalue weighted by Crippen LogP contribution is -2.14. The number of nitrogens with zero attached hydrogens (tertiary/aromatic N) is 2. The van der Waals surface area contributed by atoms with E-state index in [0.717, 1.165) is 28.1 Å². The number of hydrogen-bond acceptors (Lipinski definition) is 3. The first-order valence-corrected chi connectivity index (χ1v) is 9.93. The number of rotatable bonds is 5. The van der Waals surface area contributed by atoms with Gasteiger partial charge in [0.25, 0.3) is 10.0 Å². The van der Waals surface area contributed by atoms with Crippen LogP contribution in [0.25, 0.3) is 0 Å². The summed E-state index contributed by atoms with van der Waals surface area (Å²) in [6, 6.07) is 14.8. The van der Waals surface area contributed by atoms with Gasteiger partial charge in [0, 0.05) is 11.4 Å². The van der Waals surface area contributed by atoms with Gasteiger partial charge < -0.3 is 0 Å². The molecule has 0 aliphatic rings. The molecule has 136 valence electrons. The van der Waals surface area contributed by atoms with Gasteiger partial charge in [0.15, 0.2) is 0 Å². The molecular formula is C20H23N3O2S. The van der Waals surface area contributed by atoms with Crippen LogP contribution in [0.3, 0.4) is 0 Å². The standard InChI is InChI=1S/C20H23N3O2S/c1-14-8-9-20(15(2)10-14)26(24,25)22-19-7-5-6-18(12-19)13-23-17(4)11-16(3)21-23/h5-12,22H,13H2,1-4H3. The molecule has 0 amide bonds. The van der Waals surface area contributed by atoms with Gasteiger partial charge in [-0.05, 0) is 63.1 Å². The van der Waals surface area contributed by atoms with Crippen LogP contribution in [-0.4, -0.2) is 18.2 Å². The highest BCUT2D eigenvalue weighted by Crippen LogP contribution is 2.21. The highest BCUT2D eigenvalue weighted by Gasteiger charge is 2.17. The second-order valence-corrected chi connectivity index (χ2v) is 8.31. The lowest BCUT2D eigenvalue weighted by atomic mass is 10.2. The van der Waals surface area contributed by atoms with Crippen molar-refractivity contribution in [3.8, 4) is 0 Å². The summed E-state index contributed by atoms with van der Waals surface area (Å²) in [5, 5.41) is 4.46. The zero-order chi connectivity index (χ0) is 18.9. The van der Waals surface area contributed by atoms with Crippen LogP contribution in [0.4, 0.5) is 5.69 Å². The molecule has 0 radical (unpaired) electrons. The number of sulfonamides is 1. The Morgan fingerprint density at radius 3 is 2.42 bits per heavy atom. The van der Waals surface area contributed by atoms with Gasteiger partial charge in [-0.3, -0.25) is 9.40 Å². The van der Waals surface area contributed by atoms with Crippen LogP contribution in [0.5, 0.6) is 0 Å². The van der Waals surface area contributed by atoms with E-state index in [2.05, 4.69) is 9.82 Å². The van der Waals surface area contributed by atoms with Crippen LogP contribution < -0.4 is 4.72 Å². The predicted octanol–water partition coefficient (Wildman–Crippen LogP) is 3.97. The maximum absolute atomic E-state index is 12.7. The molecule has 0 aliphatic heterocycles. The number of aromatic nitrogens is 2. The molecule has 1 N–H and O–H groups in total. The SMILES string of the molecule is Cc1ccc(S(=O)(=O)Nc2cccc(Cn3nc(C)cc3C)c2)c(C)c1. The van der Waals surface area contributed by atoms with Crippen molar-refractivity contribution in [1.29, 1.82) is 0 Å². The Hall–Kier alpha value is -2.60. The minimum absolute atomic E-state index is 0.298. The molecule has 0 saturated heterocycles. The molecule has 0 fully saturated rings. The highest BCUT2D eigenvalue weighted by atomic mass is 32.2. The number of nitrogens with one attached hydrogen (secondary N) is 1. The molecule has 0 aliphatic carbocycles. The fraction of sp³-hybridized carbons (Fsp3) is 0.250. The molecule has 1 heterocycles. The van der Waals surface area contributed by atoms with E-state index in [4.69, 9.17) is 0 Å². The molecule has 0 unspecified atom stereocenters. The van der Waals surface area contributed by atoms with Crippen molar-refractivity contribution in [2.75, 3.05) is 4.72 Å². The fourth-order valence-electron chi connectivity index (χ4n) is 3.05. The average molecular weight is 369 g/mol. The van der Waals surface area contributed by atoms with Crippen LogP contribution in [0.1, 0.15) is 28.1 Å². The van der Waals surface area contributed by atoms with Crippen LogP contribution >= 0.6 is 0 Å². The van der Waals surface area contributed by atoms with Crippen molar-refractivity contribution in [2.45, 2.75) is 39.1 Å². The predicted molar refractivity (Wildman–Crippen MR) is 104 cm³/mol. The third kappa shape index (κ3) is 3.96. The number of aryl methyl sites for hydroxylation is 4. The Morgan fingerprint density at radius 2 is 1.77 bits per heavy atom. The first-order valence-electron chi connectivity index (χ1n) is 8.45. The Labute approximate surface area is 154 Å². The molecule has 6 heteroatoms. The van der Waals surface area contributed by atoms with Gasteiger partial charge in [0.05, 0.1) is 17.1 Å². The highest BCUT2D eigenvalue weighted by molar-refractivity contribution is 7.92. The normalized spacial score (nSPS) is 11.5. The molecular weight excluding hydrogens is 346 g/mol. The summed E-state index contributed by atoms with van der Waals surface area (Å²) < 4.78 is 30.1. The molecule has 0 saturated carbocycles. The van der Waals surface area contributed by atoms with Crippen molar-refractivity contribution in [1.82, 2.24) is 9.78 Å². The van der Waals surface area contributed by atoms with E-state index in [1.165, 1.54) is 0 Å². The van der Waals surface area contributed by atoms with Crippen molar-refractivity contribution >= 4 is 15.7 Å². The largest absolute Gasteiger partial charge is 0.280 e. The first-order chi connectivity index (χ1) is 12.2. The first kappa shape index (κ1) is 18.2. The Morgan fingerprint density at radius 1 is 1.00 bits per heavy atom. The topological polar surface area (TPSA) is 64.0 Å². The van der Waals surface area contributed by atoms with E-state index in [1.807, 2.05) is 55.8 Å². The van der Waals surface area contributed by atoms with Gasteiger partial charge in [0.1, 0.15) is 0 Å². The third-order valence-corrected chi connectivity index (χ3v) is 5.78. The van der Waals surface area contributed by atoms with Gasteiger partial charge >= 0.3 is 0 Å². The van der Waals surface area contributed by atoms with Gasteiger partial charge in [-0.15, -0.1) is 0 Å². The quantitative estimate of drug-likeness (QED) is 0.740. The van der Waals surface area contributed by atoms with Gasteiger partial charge in [-0.1, -0.05) is 29.8 Å². The minimum Gasteiger partial charge on any atom is -0.280 e. The Bertz CT molecular complexity index is 1050. The molecule has 0 spiro atoms. The Balaban J connectivity index is 1.85. The minimum atomic E-state index is -3.63. The van der Waals surface area contributed by atoms with Crippen molar-refractivity contribution in [2.24, 2.45) is 0 Å². The maximum atomic E-state index is 12.7. The molecule has 0 bridgehead atoms. The van der Waals surface area contributed by atoms with Crippen molar-refractivity contribution in [3.63, 3.8) is 0 Å². The van der Waals surface area contributed by atoms with Gasteiger partial charge in [-0.25, -0.2) is 8.42 Å². The van der Waals surface area contributed by atoms with E-state index >= 15 is 0 Å². The molecule has 0 atom stereocenters. The monoisotopic (exact) mass is 369 g/mol. The molecule has 26 heavy (non-hydrogen) atoms. The van der Waals surface area contributed by atoms with Crippen LogP contribution in [0, 0.1) is 27.7 Å². The maximum Gasteiger partial charge on any atom is 0.262 e. The van der Waals surface area contributed by atoms with E-state index in [9.17, 15) is 8.42 Å². The summed E-state index contributed by atoms with van der Waals surface area (Å²) >= 11 is 0. The lowest BCUT2D eigenvalue weighted by Gasteiger charge is -2.12. The smallest absolute Gasteiger partial charge is 0.262 e. The zero-order valence-electron chi connectivity index (χ0n) is 15.4. The fourth-order valence-corrected chi connectivity index (χ4v) is 4.33. The summed E-state index contributed by atoms with van der Waals surface area (Å²) in [5.41, 5.74) is 5.34. The van der Waals surface area contributed by atoms with Crippen molar-refractivity contribution < 1.29 is 8.42 Å². The van der Waals surface area contributed by atoms with Crippen molar-refractivity contribution in [3.05, 3.63) is 76.6 Å². The summed E-state index contributed by atoms with van der Waals surface area (Å²) in [4.78, 5) is 0.298. The Kier molecular flexibility index (Phi) is 4.87. The lowest BCUT2D eigenvalue weighted by molar-refractivity contribution is 0.600. The molecule has 3 aromatic rings. The summed E-state index contributed by atoms with van der Waals surface area (Å²) in [6.07, 6.45) is 0. The number of benzene rings is 2. The third-order valence-electron chi connectivity index (χ3n) is 4.23. The van der Waals surface area contributed by atoms with E-state index < -0.39 is 10.0 Å². The van der Waals surface area contributed by atoms with E-state index in [-0.39, 0.29) is 0 Å². The molecule has 1 aromatic heterocycles. The summed E-state index contributed by atoms with van der Waals surface area (Å²) in [7, 11) is -3.63. The van der Waals surface area contributed by atoms with E-state index in [0.29, 0.717) is 17.1 Å². The summed E-state index contributed by atoms with van der Waals surface area (Å²) in [6.45, 7) is 8.31.